The van der Waals surface area contributed by atoms with Gasteiger partial charge in [0.15, 0.2) is 6.71 Å². The molecule has 0 aromatic heterocycles. The van der Waals surface area contributed by atoms with E-state index in [-0.39, 0.29) is 7.12 Å². The zero-order chi connectivity index (χ0) is 21.3. The minimum Gasteiger partial charge on any atom is -0.408 e. The molecule has 0 spiro atoms. The molecule has 1 saturated heterocycles. The molecule has 4 heteroatoms. The summed E-state index contributed by atoms with van der Waals surface area (Å²) in [4.78, 5) is 0. The van der Waals surface area contributed by atoms with Crippen LogP contribution in [0.3, 0.4) is 0 Å². The molecule has 0 unspecified atom stereocenters. The van der Waals surface area contributed by atoms with E-state index in [1.54, 1.807) is 0 Å². The second-order valence-electron chi connectivity index (χ2n) is 13.0. The van der Waals surface area contributed by atoms with Crippen molar-refractivity contribution in [2.45, 2.75) is 91.6 Å². The summed E-state index contributed by atoms with van der Waals surface area (Å²) in [5.41, 5.74) is 1.17. The predicted molar refractivity (Wildman–Crippen MR) is 128 cm³/mol. The topological polar surface area (TPSA) is 18.5 Å². The first-order chi connectivity index (χ1) is 14.2. The molecule has 6 aliphatic carbocycles. The Bertz CT molecular complexity index is 626. The Morgan fingerprint density at radius 2 is 1.33 bits per heavy atom. The molecule has 8 atom stereocenters. The maximum atomic E-state index is 5.79. The Balaban J connectivity index is 1.34. The molecule has 1 aliphatic heterocycles. The van der Waals surface area contributed by atoms with Gasteiger partial charge in [-0.3, -0.25) is 0 Å². The van der Waals surface area contributed by atoms with Crippen LogP contribution in [0.4, 0.5) is 0 Å². The van der Waals surface area contributed by atoms with Gasteiger partial charge in [0.2, 0.25) is 0 Å². The van der Waals surface area contributed by atoms with Crippen molar-refractivity contribution in [3.8, 4) is 0 Å². The van der Waals surface area contributed by atoms with Gasteiger partial charge in [-0.15, -0.1) is 0 Å². The Hall–Kier alpha value is -0.210. The van der Waals surface area contributed by atoms with E-state index < -0.39 is 0 Å². The number of allylic oxidation sites excluding steroid dienone is 1. The van der Waals surface area contributed by atoms with Gasteiger partial charge in [-0.1, -0.05) is 84.4 Å². The molecule has 7 aliphatic rings. The molecule has 30 heavy (non-hydrogen) atoms. The van der Waals surface area contributed by atoms with E-state index in [1.807, 2.05) is 0 Å². The van der Waals surface area contributed by atoms with Crippen molar-refractivity contribution >= 4 is 13.8 Å². The lowest BCUT2D eigenvalue weighted by molar-refractivity contribution is -0.107. The van der Waals surface area contributed by atoms with E-state index in [0.717, 1.165) is 73.5 Å². The van der Waals surface area contributed by atoms with Crippen LogP contribution in [0.25, 0.3) is 0 Å². The molecule has 0 N–H and O–H groups in total. The normalized spacial score (nSPS) is 46.3. The van der Waals surface area contributed by atoms with Crippen LogP contribution >= 0.6 is 0 Å². The predicted octanol–water partition coefficient (Wildman–Crippen LogP) is 6.65. The zero-order valence-corrected chi connectivity index (χ0v) is 20.4. The molecule has 0 aromatic carbocycles. The molecule has 0 amide bonds. The SMILES string of the molecule is C[C@@H]1[C@@H](B(C/C=C/B2OCCCO2)[C@H]2C[C@@H]3C[C@H]([C@@H]2C)C3(C)C)C[C@@H]2C[C@H]1C2(C)C. The standard InChI is InChI=1S/C26H44B2O2/c1-17-21-13-19(25(21,3)4)15-23(17)27(9-7-10-28-29-11-8-12-30-28)24-16-20-14-22(18(24)2)26(20,5)6/h7,10,17-24H,8-9,11-16H2,1-6H3/b10-7+/t17-,18-,19-,20-,21+,22+,23-,24-/m0/s1. The van der Waals surface area contributed by atoms with Crippen LogP contribution in [0.5, 0.6) is 0 Å². The third kappa shape index (κ3) is 3.30. The summed E-state index contributed by atoms with van der Waals surface area (Å²) in [7, 11) is -0.105. The van der Waals surface area contributed by atoms with Gasteiger partial charge in [-0.25, -0.2) is 0 Å². The van der Waals surface area contributed by atoms with E-state index in [2.05, 4.69) is 53.6 Å². The summed E-state index contributed by atoms with van der Waals surface area (Å²) in [6.07, 6.45) is 10.6. The van der Waals surface area contributed by atoms with Crippen molar-refractivity contribution < 1.29 is 9.31 Å². The number of fused-ring (bicyclic) bond motifs is 4. The van der Waals surface area contributed by atoms with E-state index in [9.17, 15) is 0 Å². The highest BCUT2D eigenvalue weighted by Crippen LogP contribution is 2.69. The average molecular weight is 410 g/mol. The van der Waals surface area contributed by atoms with Crippen molar-refractivity contribution in [2.24, 2.45) is 46.3 Å². The minimum atomic E-state index is -0.105. The van der Waals surface area contributed by atoms with Gasteiger partial charge < -0.3 is 9.31 Å². The first-order valence-corrected chi connectivity index (χ1v) is 13.1. The molecule has 0 aromatic rings. The molecular formula is C26H44B2O2. The third-order valence-corrected chi connectivity index (χ3v) is 11.5. The lowest BCUT2D eigenvalue weighted by atomic mass is 9.20. The van der Waals surface area contributed by atoms with Crippen molar-refractivity contribution in [1.29, 1.82) is 0 Å². The molecule has 7 rings (SSSR count). The Kier molecular flexibility index (Phi) is 5.54. The van der Waals surface area contributed by atoms with Gasteiger partial charge in [0.25, 0.3) is 0 Å². The highest BCUT2D eigenvalue weighted by atomic mass is 16.6. The van der Waals surface area contributed by atoms with Gasteiger partial charge in [-0.05, 0) is 65.6 Å². The van der Waals surface area contributed by atoms with Crippen LogP contribution in [0, 0.1) is 46.3 Å². The zero-order valence-electron chi connectivity index (χ0n) is 20.4. The van der Waals surface area contributed by atoms with Crippen molar-refractivity contribution in [3.63, 3.8) is 0 Å². The fourth-order valence-corrected chi connectivity index (χ4v) is 9.14. The highest BCUT2D eigenvalue weighted by Gasteiger charge is 2.62. The molecule has 4 bridgehead atoms. The van der Waals surface area contributed by atoms with Gasteiger partial charge in [0.1, 0.15) is 0 Å². The molecule has 7 fully saturated rings. The first kappa shape index (κ1) is 21.6. The van der Waals surface area contributed by atoms with Crippen molar-refractivity contribution in [1.82, 2.24) is 0 Å². The van der Waals surface area contributed by atoms with Crippen LogP contribution in [0.1, 0.15) is 73.6 Å². The fraction of sp³-hybridized carbons (Fsp3) is 0.923. The minimum absolute atomic E-state index is 0.105. The molecular weight excluding hydrogens is 366 g/mol. The summed E-state index contributed by atoms with van der Waals surface area (Å²) in [5.74, 6) is 9.62. The van der Waals surface area contributed by atoms with E-state index in [0.29, 0.717) is 10.8 Å². The van der Waals surface area contributed by atoms with Gasteiger partial charge in [0.05, 0.1) is 0 Å². The molecule has 0 radical (unpaired) electrons. The summed E-state index contributed by atoms with van der Waals surface area (Å²) in [5, 5.41) is 0. The van der Waals surface area contributed by atoms with Gasteiger partial charge in [-0.2, -0.15) is 0 Å². The largest absolute Gasteiger partial charge is 0.485 e. The lowest BCUT2D eigenvalue weighted by Gasteiger charge is -2.66. The summed E-state index contributed by atoms with van der Waals surface area (Å²) >= 11 is 0. The monoisotopic (exact) mass is 410 g/mol. The second kappa shape index (κ2) is 7.68. The van der Waals surface area contributed by atoms with E-state index in [4.69, 9.17) is 9.31 Å². The Labute approximate surface area is 186 Å². The smallest absolute Gasteiger partial charge is 0.408 e. The van der Waals surface area contributed by atoms with E-state index in [1.165, 1.54) is 32.0 Å². The second-order valence-corrected chi connectivity index (χ2v) is 13.0. The van der Waals surface area contributed by atoms with Crippen LogP contribution < -0.4 is 0 Å². The van der Waals surface area contributed by atoms with Crippen LogP contribution in [0.2, 0.25) is 18.0 Å². The van der Waals surface area contributed by atoms with E-state index >= 15 is 0 Å². The number of rotatable bonds is 5. The number of hydrogen-bond donors (Lipinski definition) is 0. The first-order valence-electron chi connectivity index (χ1n) is 13.1. The van der Waals surface area contributed by atoms with Crippen molar-refractivity contribution in [3.05, 3.63) is 12.1 Å². The highest BCUT2D eigenvalue weighted by molar-refractivity contribution is 6.63. The van der Waals surface area contributed by atoms with Crippen LogP contribution in [0.15, 0.2) is 12.1 Å². The lowest BCUT2D eigenvalue weighted by Crippen LogP contribution is -2.59. The molecule has 2 nitrogen and oxygen atoms in total. The molecule has 6 saturated carbocycles. The quantitative estimate of drug-likeness (QED) is 0.473. The fourth-order valence-electron chi connectivity index (χ4n) is 9.14. The molecule has 1 heterocycles. The van der Waals surface area contributed by atoms with Gasteiger partial charge in [0, 0.05) is 13.2 Å². The van der Waals surface area contributed by atoms with Crippen LogP contribution in [-0.4, -0.2) is 27.0 Å². The number of hydrogen-bond acceptors (Lipinski definition) is 2. The Morgan fingerprint density at radius 3 is 1.77 bits per heavy atom. The summed E-state index contributed by atoms with van der Waals surface area (Å²) in [6, 6.07) is 0. The third-order valence-electron chi connectivity index (χ3n) is 11.5. The van der Waals surface area contributed by atoms with Gasteiger partial charge >= 0.3 is 7.12 Å². The van der Waals surface area contributed by atoms with Crippen LogP contribution in [-0.2, 0) is 9.31 Å². The maximum absolute atomic E-state index is 5.79. The summed E-state index contributed by atoms with van der Waals surface area (Å²) in [6.45, 7) is 17.9. The Morgan fingerprint density at radius 1 is 0.833 bits per heavy atom. The average Bonchev–Trinajstić information content (AvgIpc) is 2.72. The molecule has 166 valence electrons. The maximum Gasteiger partial charge on any atom is 0.485 e. The van der Waals surface area contributed by atoms with Crippen molar-refractivity contribution in [2.75, 3.05) is 13.2 Å². The summed E-state index contributed by atoms with van der Waals surface area (Å²) < 4.78 is 11.6.